The van der Waals surface area contributed by atoms with Crippen LogP contribution in [0.3, 0.4) is 0 Å². The van der Waals surface area contributed by atoms with Crippen LogP contribution in [-0.4, -0.2) is 22.2 Å². The number of hydrogen-bond acceptors (Lipinski definition) is 2. The van der Waals surface area contributed by atoms with E-state index in [0.717, 1.165) is 34.9 Å². The maximum atomic E-state index is 11.8. The first-order chi connectivity index (χ1) is 10.6. The van der Waals surface area contributed by atoms with Gasteiger partial charge in [0.1, 0.15) is 0 Å². The molecule has 2 aromatic rings. The van der Waals surface area contributed by atoms with Crippen LogP contribution in [0, 0.1) is 13.8 Å². The van der Waals surface area contributed by atoms with Crippen LogP contribution in [-0.2, 0) is 17.8 Å². The van der Waals surface area contributed by atoms with E-state index in [9.17, 15) is 4.79 Å². The number of carbonyl (C=O) groups excluding carboxylic acids is 1. The number of halogens is 1. The SMILES string of the molecule is Cc1cc(C)n(CCCNC(=O)CCc2ccccc2Cl)n1. The number of aryl methyl sites for hydroxylation is 4. The molecule has 0 aliphatic carbocycles. The molecule has 0 saturated carbocycles. The maximum absolute atomic E-state index is 11.8. The van der Waals surface area contributed by atoms with Crippen molar-refractivity contribution in [3.8, 4) is 0 Å². The van der Waals surface area contributed by atoms with Crippen molar-refractivity contribution >= 4 is 17.5 Å². The largest absolute Gasteiger partial charge is 0.356 e. The van der Waals surface area contributed by atoms with Crippen molar-refractivity contribution in [2.45, 2.75) is 39.7 Å². The molecule has 1 heterocycles. The Labute approximate surface area is 136 Å². The first-order valence-electron chi connectivity index (χ1n) is 7.57. The van der Waals surface area contributed by atoms with Gasteiger partial charge >= 0.3 is 0 Å². The van der Waals surface area contributed by atoms with E-state index in [4.69, 9.17) is 11.6 Å². The van der Waals surface area contributed by atoms with Gasteiger partial charge in [0.15, 0.2) is 0 Å². The molecule has 0 bridgehead atoms. The van der Waals surface area contributed by atoms with E-state index >= 15 is 0 Å². The highest BCUT2D eigenvalue weighted by molar-refractivity contribution is 6.31. The molecule has 1 aromatic heterocycles. The average Bonchev–Trinajstić information content (AvgIpc) is 2.81. The number of amides is 1. The molecule has 5 heteroatoms. The summed E-state index contributed by atoms with van der Waals surface area (Å²) >= 11 is 6.08. The summed E-state index contributed by atoms with van der Waals surface area (Å²) < 4.78 is 1.98. The Morgan fingerprint density at radius 3 is 2.77 bits per heavy atom. The zero-order valence-electron chi connectivity index (χ0n) is 13.1. The van der Waals surface area contributed by atoms with Gasteiger partial charge in [-0.05, 0) is 44.4 Å². The molecule has 0 unspecified atom stereocenters. The summed E-state index contributed by atoms with van der Waals surface area (Å²) in [7, 11) is 0. The van der Waals surface area contributed by atoms with Crippen LogP contribution in [0.1, 0.15) is 29.8 Å². The van der Waals surface area contributed by atoms with Crippen LogP contribution >= 0.6 is 11.6 Å². The average molecular weight is 320 g/mol. The van der Waals surface area contributed by atoms with E-state index in [-0.39, 0.29) is 5.91 Å². The van der Waals surface area contributed by atoms with Gasteiger partial charge in [-0.2, -0.15) is 5.10 Å². The number of benzene rings is 1. The Hall–Kier alpha value is -1.81. The lowest BCUT2D eigenvalue weighted by molar-refractivity contribution is -0.121. The zero-order valence-corrected chi connectivity index (χ0v) is 13.9. The van der Waals surface area contributed by atoms with Crippen LogP contribution in [0.5, 0.6) is 0 Å². The number of hydrogen-bond donors (Lipinski definition) is 1. The van der Waals surface area contributed by atoms with Crippen molar-refractivity contribution in [1.82, 2.24) is 15.1 Å². The van der Waals surface area contributed by atoms with Crippen LogP contribution in [0.15, 0.2) is 30.3 Å². The molecule has 22 heavy (non-hydrogen) atoms. The first kappa shape index (κ1) is 16.6. The summed E-state index contributed by atoms with van der Waals surface area (Å²) in [5, 5.41) is 8.07. The minimum absolute atomic E-state index is 0.0632. The van der Waals surface area contributed by atoms with Gasteiger partial charge in [-0.25, -0.2) is 0 Å². The molecule has 0 aliphatic heterocycles. The Bertz CT molecular complexity index is 637. The first-order valence-corrected chi connectivity index (χ1v) is 7.95. The van der Waals surface area contributed by atoms with Crippen molar-refractivity contribution in [3.05, 3.63) is 52.3 Å². The molecule has 4 nitrogen and oxygen atoms in total. The van der Waals surface area contributed by atoms with Crippen molar-refractivity contribution < 1.29 is 4.79 Å². The van der Waals surface area contributed by atoms with Gasteiger partial charge in [-0.15, -0.1) is 0 Å². The molecule has 0 fully saturated rings. The van der Waals surface area contributed by atoms with Gasteiger partial charge in [-0.3, -0.25) is 9.48 Å². The predicted molar refractivity (Wildman–Crippen MR) is 89.1 cm³/mol. The number of carbonyl (C=O) groups is 1. The van der Waals surface area contributed by atoms with E-state index < -0.39 is 0 Å². The van der Waals surface area contributed by atoms with Gasteiger partial charge in [-0.1, -0.05) is 29.8 Å². The highest BCUT2D eigenvalue weighted by Crippen LogP contribution is 2.16. The van der Waals surface area contributed by atoms with Crippen LogP contribution in [0.25, 0.3) is 0 Å². The number of aromatic nitrogens is 2. The Balaban J connectivity index is 1.66. The number of rotatable bonds is 7. The lowest BCUT2D eigenvalue weighted by atomic mass is 10.1. The third-order valence-electron chi connectivity index (χ3n) is 3.55. The molecule has 118 valence electrons. The van der Waals surface area contributed by atoms with Crippen LogP contribution in [0.4, 0.5) is 0 Å². The van der Waals surface area contributed by atoms with Gasteiger partial charge in [0, 0.05) is 30.2 Å². The molecule has 0 atom stereocenters. The lowest BCUT2D eigenvalue weighted by Gasteiger charge is -2.07. The summed E-state index contributed by atoms with van der Waals surface area (Å²) in [5.41, 5.74) is 3.20. The smallest absolute Gasteiger partial charge is 0.220 e. The molecule has 0 aliphatic rings. The summed E-state index contributed by atoms with van der Waals surface area (Å²) in [6, 6.07) is 9.70. The summed E-state index contributed by atoms with van der Waals surface area (Å²) in [5.74, 6) is 0.0632. The topological polar surface area (TPSA) is 46.9 Å². The predicted octanol–water partition coefficient (Wildman–Crippen LogP) is 3.29. The molecule has 0 spiro atoms. The van der Waals surface area contributed by atoms with Gasteiger partial charge in [0.25, 0.3) is 0 Å². The summed E-state index contributed by atoms with van der Waals surface area (Å²) in [6.07, 6.45) is 2.01. The number of nitrogens with zero attached hydrogens (tertiary/aromatic N) is 2. The molecule has 1 N–H and O–H groups in total. The van der Waals surface area contributed by atoms with E-state index in [2.05, 4.69) is 16.5 Å². The zero-order chi connectivity index (χ0) is 15.9. The maximum Gasteiger partial charge on any atom is 0.220 e. The monoisotopic (exact) mass is 319 g/mol. The third-order valence-corrected chi connectivity index (χ3v) is 3.92. The highest BCUT2D eigenvalue weighted by Gasteiger charge is 2.05. The molecular formula is C17H22ClN3O. The van der Waals surface area contributed by atoms with Crippen LogP contribution < -0.4 is 5.32 Å². The van der Waals surface area contributed by atoms with Crippen molar-refractivity contribution in [2.75, 3.05) is 6.54 Å². The fraction of sp³-hybridized carbons (Fsp3) is 0.412. The minimum atomic E-state index is 0.0632. The fourth-order valence-corrected chi connectivity index (χ4v) is 2.63. The number of nitrogens with one attached hydrogen (secondary N) is 1. The van der Waals surface area contributed by atoms with E-state index in [1.807, 2.05) is 42.8 Å². The van der Waals surface area contributed by atoms with Gasteiger partial charge in [0.05, 0.1) is 5.69 Å². The van der Waals surface area contributed by atoms with Crippen molar-refractivity contribution in [2.24, 2.45) is 0 Å². The second kappa shape index (κ2) is 7.99. The summed E-state index contributed by atoms with van der Waals surface area (Å²) in [6.45, 7) is 5.52. The molecule has 0 radical (unpaired) electrons. The molecule has 0 saturated heterocycles. The van der Waals surface area contributed by atoms with Gasteiger partial charge in [0.2, 0.25) is 5.91 Å². The quantitative estimate of drug-likeness (QED) is 0.796. The van der Waals surface area contributed by atoms with Crippen molar-refractivity contribution in [3.63, 3.8) is 0 Å². The third kappa shape index (κ3) is 4.88. The van der Waals surface area contributed by atoms with E-state index in [1.165, 1.54) is 0 Å². The Kier molecular flexibility index (Phi) is 6.01. The second-order valence-corrected chi connectivity index (χ2v) is 5.85. The van der Waals surface area contributed by atoms with E-state index in [0.29, 0.717) is 19.4 Å². The normalized spacial score (nSPS) is 10.7. The molecule has 1 aromatic carbocycles. The molecule has 2 rings (SSSR count). The Morgan fingerprint density at radius 1 is 1.32 bits per heavy atom. The lowest BCUT2D eigenvalue weighted by Crippen LogP contribution is -2.25. The van der Waals surface area contributed by atoms with Crippen LogP contribution in [0.2, 0.25) is 5.02 Å². The highest BCUT2D eigenvalue weighted by atomic mass is 35.5. The minimum Gasteiger partial charge on any atom is -0.356 e. The summed E-state index contributed by atoms with van der Waals surface area (Å²) in [4.78, 5) is 11.8. The molecular weight excluding hydrogens is 298 g/mol. The van der Waals surface area contributed by atoms with Gasteiger partial charge < -0.3 is 5.32 Å². The second-order valence-electron chi connectivity index (χ2n) is 5.45. The van der Waals surface area contributed by atoms with E-state index in [1.54, 1.807) is 0 Å². The molecule has 1 amide bonds. The Morgan fingerprint density at radius 2 is 2.09 bits per heavy atom. The van der Waals surface area contributed by atoms with Crippen molar-refractivity contribution in [1.29, 1.82) is 0 Å². The standard InChI is InChI=1S/C17H22ClN3O/c1-13-12-14(2)21(20-13)11-5-10-19-17(22)9-8-15-6-3-4-7-16(15)18/h3-4,6-7,12H,5,8-11H2,1-2H3,(H,19,22). The fourth-order valence-electron chi connectivity index (χ4n) is 2.40.